The molecule has 103 heavy (non-hydrogen) atoms. The molecule has 12 aromatic carbocycles. The number of aromatic nitrogens is 4. The summed E-state index contributed by atoms with van der Waals surface area (Å²) in [6.07, 6.45) is 7.14. The van der Waals surface area contributed by atoms with Crippen LogP contribution in [0.1, 0.15) is 144 Å². The fourth-order valence-electron chi connectivity index (χ4n) is 15.5. The molecule has 3 aromatic heterocycles. The van der Waals surface area contributed by atoms with Gasteiger partial charge in [-0.1, -0.05) is 269 Å². The second-order valence-electron chi connectivity index (χ2n) is 30.2. The van der Waals surface area contributed by atoms with Crippen LogP contribution in [-0.4, -0.2) is 22.2 Å². The molecule has 0 fully saturated rings. The Morgan fingerprint density at radius 2 is 1.07 bits per heavy atom. The van der Waals surface area contributed by atoms with Gasteiger partial charge >= 0.3 is 0 Å². The monoisotopic (exact) mass is 1550 g/mol. The summed E-state index contributed by atoms with van der Waals surface area (Å²) in [6.45, 7) is 15.7. The van der Waals surface area contributed by atoms with Crippen molar-refractivity contribution in [3.63, 3.8) is 0 Å². The molecule has 0 unspecified atom stereocenters. The van der Waals surface area contributed by atoms with E-state index >= 15 is 0 Å². The molecule has 15 aromatic rings. The van der Waals surface area contributed by atoms with E-state index in [1.807, 2.05) is 100 Å². The van der Waals surface area contributed by atoms with Gasteiger partial charge in [-0.2, -0.15) is 18.2 Å². The van der Waals surface area contributed by atoms with Crippen LogP contribution in [-0.2, 0) is 42.7 Å². The molecule has 1 aliphatic carbocycles. The summed E-state index contributed by atoms with van der Waals surface area (Å²) in [6, 6.07) is 45.0. The maximum absolute atomic E-state index is 10.3. The number of imidazole rings is 1. The van der Waals surface area contributed by atoms with Crippen LogP contribution in [0, 0.1) is 32.2 Å². The topological polar surface area (TPSA) is 35.9 Å². The van der Waals surface area contributed by atoms with Gasteiger partial charge in [-0.05, 0) is 205 Å². The molecule has 0 bridgehead atoms. The maximum Gasteiger partial charge on any atom is 0.268 e. The third-order valence-electron chi connectivity index (χ3n) is 21.0. The Balaban J connectivity index is 0.0000114. The summed E-state index contributed by atoms with van der Waals surface area (Å²) in [5.41, 5.74) is 8.49. The van der Waals surface area contributed by atoms with Crippen LogP contribution in [0.4, 0.5) is 0 Å². The zero-order valence-electron chi connectivity index (χ0n) is 79.7. The van der Waals surface area contributed by atoms with Crippen molar-refractivity contribution >= 4 is 61.7 Å². The molecule has 1 aliphatic heterocycles. The van der Waals surface area contributed by atoms with Crippen LogP contribution in [0.2, 0.25) is 0 Å². The van der Waals surface area contributed by atoms with Crippen molar-refractivity contribution in [2.45, 2.75) is 117 Å². The molecule has 2 aliphatic rings. The van der Waals surface area contributed by atoms with Crippen molar-refractivity contribution in [2.24, 2.45) is 0 Å². The number of hydrogen-bond donors (Lipinski definition) is 0. The summed E-state index contributed by atoms with van der Waals surface area (Å²) in [5.74, 6) is 1.05. The van der Waals surface area contributed by atoms with Crippen molar-refractivity contribution in [1.29, 1.82) is 0 Å². The number of aryl methyl sites for hydroxylation is 2. The number of hydrogen-bond acceptors (Lipinski definition) is 2. The summed E-state index contributed by atoms with van der Waals surface area (Å²) in [7, 11) is -6.02. The number of pyridine rings is 1. The van der Waals surface area contributed by atoms with E-state index < -0.39 is 139 Å². The smallest absolute Gasteiger partial charge is 0.268 e. The van der Waals surface area contributed by atoms with Crippen LogP contribution in [0.5, 0.6) is 11.5 Å². The number of benzene rings is 12. The second-order valence-corrected chi connectivity index (χ2v) is 33.8. The molecule has 510 valence electrons. The predicted molar refractivity (Wildman–Crippen MR) is 426 cm³/mol. The minimum Gasteiger partial charge on any atom is -0.510 e. The van der Waals surface area contributed by atoms with E-state index in [1.165, 1.54) is 18.2 Å². The summed E-state index contributed by atoms with van der Waals surface area (Å²) in [4.78, 5) is 4.91. The standard InChI is InChI=1S/C96H84N4OSi.Pt/c1-62-28-26-29-63(2)90(62)65-52-79(64-42-44-66(45-43-64)93(3,4)5)91-82(53-65)81-60-85-84(95(9,10)49-50-96(85,11)12)59-80(81)75-38-22-23-39-76(75)83-57-74(102(71-32-16-13-17-33-71,72-34-18-14-19-35-72)73-36-20-15-21-37-73)58-88-92(83)99(91)61-98(88)68-30-27-31-69(55-68)101-70-46-47-78-77-40-24-25-41-86(77)100(87(78)56-70)89-54-67(48-51-97-89)94(6,7)8;/h13-48,51-54,57-60H,49-50H2,1-12H3;/q-2;/i1D3,2D3,13D,14D,15D,16D,17D,18D,19D,20D,21D,32D,33D,34D,35D,36D,37D;. The van der Waals surface area contributed by atoms with Crippen LogP contribution >= 0.6 is 0 Å². The second kappa shape index (κ2) is 25.3. The number of fused-ring (bicyclic) bond motifs is 11. The fraction of sp³-hybridized carbons (Fsp3) is 0.188. The molecule has 0 radical (unpaired) electrons. The summed E-state index contributed by atoms with van der Waals surface area (Å²) < 4.78 is 215. The predicted octanol–water partition coefficient (Wildman–Crippen LogP) is 21.2. The van der Waals surface area contributed by atoms with E-state index in [2.05, 4.69) is 106 Å². The molecule has 0 atom stereocenters. The SMILES string of the molecule is [2H]c1c([2H])c([2H])c([Si](c2cc3c4c(c2)n(-c2[c-]c(Oc5[c-]c6c(cc5)c5ccccc5n6-c5cc(C(C)(C)C)ccn5)ccc2)[c-][n+]4-c2c(-c4ccc(C(C)(C)C)cc4)cc(-c4c(C([2H])([2H])[2H])cccc4C([2H])([2H])[2H])cc2-c2cc4c(cc2-c2ccccc2-3)C(C)(C)CCC4(C)C)(c2c([2H])c([2H])c([2H])c([2H])c2[2H])c2c([2H])c([2H])c([2H])c([2H])c2[2H])c([2H])c1[2H].[Pt]. The first kappa shape index (κ1) is 47.1. The van der Waals surface area contributed by atoms with Gasteiger partial charge in [0.1, 0.15) is 5.82 Å². The van der Waals surface area contributed by atoms with Gasteiger partial charge in [0, 0.05) is 52.5 Å². The number of nitrogens with zero attached hydrogens (tertiary/aromatic N) is 4. The van der Waals surface area contributed by atoms with Gasteiger partial charge in [-0.3, -0.25) is 4.57 Å². The van der Waals surface area contributed by atoms with E-state index in [-0.39, 0.29) is 93.1 Å². The van der Waals surface area contributed by atoms with Crippen molar-refractivity contribution in [3.05, 3.63) is 319 Å². The van der Waals surface area contributed by atoms with Crippen molar-refractivity contribution in [3.8, 4) is 84.3 Å². The molecule has 0 saturated carbocycles. The number of rotatable bonds is 10. The maximum atomic E-state index is 10.3. The molecule has 17 rings (SSSR count). The molecule has 0 saturated heterocycles. The van der Waals surface area contributed by atoms with Crippen LogP contribution < -0.4 is 30.1 Å². The van der Waals surface area contributed by atoms with Crippen molar-refractivity contribution in [1.82, 2.24) is 14.1 Å². The van der Waals surface area contributed by atoms with Crippen LogP contribution in [0.25, 0.3) is 106 Å². The van der Waals surface area contributed by atoms with Gasteiger partial charge < -0.3 is 13.9 Å². The third kappa shape index (κ3) is 11.3. The molecular weight excluding hydrogens is 1450 g/mol. The molecule has 4 heterocycles. The average Bonchev–Trinajstić information content (AvgIpc) is 0.900. The van der Waals surface area contributed by atoms with Gasteiger partial charge in [0.05, 0.1) is 37.3 Å². The Bertz CT molecular complexity index is 6770. The van der Waals surface area contributed by atoms with Crippen LogP contribution in [0.15, 0.2) is 267 Å². The van der Waals surface area contributed by atoms with Gasteiger partial charge in [-0.25, -0.2) is 4.98 Å². The first-order chi connectivity index (χ1) is 57.8. The van der Waals surface area contributed by atoms with E-state index in [4.69, 9.17) is 13.8 Å². The zero-order valence-corrected chi connectivity index (χ0v) is 61.9. The van der Waals surface area contributed by atoms with Crippen molar-refractivity contribution < 1.29 is 59.2 Å². The number of ether oxygens (including phenoxy) is 1. The molecule has 7 heteroatoms. The molecular formula is C96H84N4OPtSi-2. The quantitative estimate of drug-likeness (QED) is 0.0592. The Morgan fingerprint density at radius 1 is 0.495 bits per heavy atom. The number of para-hydroxylation sites is 1. The Labute approximate surface area is 652 Å². The summed E-state index contributed by atoms with van der Waals surface area (Å²) in [5, 5.41) is -0.505. The Kier molecular flexibility index (Phi) is 11.6. The summed E-state index contributed by atoms with van der Waals surface area (Å²) >= 11 is 0. The normalized spacial score (nSPS) is 17.0. The minimum atomic E-state index is -6.02. The van der Waals surface area contributed by atoms with Gasteiger partial charge in [0.2, 0.25) is 0 Å². The van der Waals surface area contributed by atoms with E-state index in [0.29, 0.717) is 56.0 Å². The molecule has 0 N–H and O–H groups in total. The molecule has 0 spiro atoms. The van der Waals surface area contributed by atoms with Crippen LogP contribution in [0.3, 0.4) is 0 Å². The Hall–Kier alpha value is -10.2. The van der Waals surface area contributed by atoms with Gasteiger partial charge in [0.15, 0.2) is 8.07 Å². The largest absolute Gasteiger partial charge is 0.510 e. The van der Waals surface area contributed by atoms with E-state index in [0.717, 1.165) is 51.4 Å². The third-order valence-corrected chi connectivity index (χ3v) is 25.1. The van der Waals surface area contributed by atoms with E-state index in [9.17, 15) is 24.7 Å². The van der Waals surface area contributed by atoms with Gasteiger partial charge in [-0.15, -0.1) is 29.7 Å². The average molecular weight is 1550 g/mol. The first-order valence-corrected chi connectivity index (χ1v) is 36.4. The Morgan fingerprint density at radius 3 is 1.69 bits per heavy atom. The van der Waals surface area contributed by atoms with Gasteiger partial charge in [0.25, 0.3) is 6.33 Å². The molecule has 5 nitrogen and oxygen atoms in total. The first-order valence-electron chi connectivity index (χ1n) is 44.9. The zero-order chi connectivity index (χ0) is 88.2. The van der Waals surface area contributed by atoms with Crippen molar-refractivity contribution in [2.75, 3.05) is 0 Å². The minimum absolute atomic E-state index is 0. The molecule has 0 amide bonds. The fourth-order valence-corrected chi connectivity index (χ4v) is 19.3. The van der Waals surface area contributed by atoms with E-state index in [1.54, 1.807) is 53.2 Å².